The van der Waals surface area contributed by atoms with Gasteiger partial charge in [-0.25, -0.2) is 5.43 Å². The molecule has 0 aliphatic carbocycles. The van der Waals surface area contributed by atoms with Gasteiger partial charge in [-0.3, -0.25) is 4.79 Å². The number of hydrazone groups is 1. The van der Waals surface area contributed by atoms with E-state index in [2.05, 4.69) is 10.5 Å². The van der Waals surface area contributed by atoms with Crippen LogP contribution in [-0.4, -0.2) is 41.2 Å². The van der Waals surface area contributed by atoms with Crippen LogP contribution in [-0.2, 0) is 0 Å². The lowest BCUT2D eigenvalue weighted by molar-refractivity contribution is 0.0954. The van der Waals surface area contributed by atoms with Crippen LogP contribution in [0.3, 0.4) is 0 Å². The summed E-state index contributed by atoms with van der Waals surface area (Å²) in [6.07, 6.45) is 1.40. The van der Waals surface area contributed by atoms with Gasteiger partial charge in [0.1, 0.15) is 0 Å². The second-order valence-corrected chi connectivity index (χ2v) is 4.91. The standard InChI is InChI=1S/C17H18N2O6/c1-3-25-14-5-4-10(6-15(14)24-2)9-18-19-17(23)11-7-12(20)16(22)13(21)8-11/h4-9,20-22H,3H2,1-2H3,(H,19,23). The number of amides is 1. The van der Waals surface area contributed by atoms with Gasteiger partial charge in [0.2, 0.25) is 0 Å². The van der Waals surface area contributed by atoms with Crippen molar-refractivity contribution in [1.29, 1.82) is 0 Å². The molecular formula is C17H18N2O6. The molecule has 132 valence electrons. The summed E-state index contributed by atoms with van der Waals surface area (Å²) in [6.45, 7) is 2.37. The van der Waals surface area contributed by atoms with E-state index in [1.807, 2.05) is 6.92 Å². The average molecular weight is 346 g/mol. The molecule has 0 radical (unpaired) electrons. The first-order valence-corrected chi connectivity index (χ1v) is 7.35. The quantitative estimate of drug-likeness (QED) is 0.360. The van der Waals surface area contributed by atoms with Crippen LogP contribution >= 0.6 is 0 Å². The molecular weight excluding hydrogens is 328 g/mol. The summed E-state index contributed by atoms with van der Waals surface area (Å²) >= 11 is 0. The molecule has 1 amide bonds. The summed E-state index contributed by atoms with van der Waals surface area (Å²) in [5.74, 6) is -1.44. The van der Waals surface area contributed by atoms with Crippen LogP contribution in [0.5, 0.6) is 28.7 Å². The van der Waals surface area contributed by atoms with Gasteiger partial charge in [-0.15, -0.1) is 0 Å². The molecule has 4 N–H and O–H groups in total. The second kappa shape index (κ2) is 7.91. The summed E-state index contributed by atoms with van der Waals surface area (Å²) in [5.41, 5.74) is 2.86. The summed E-state index contributed by atoms with van der Waals surface area (Å²) in [6, 6.07) is 7.18. The number of carbonyl (C=O) groups is 1. The third kappa shape index (κ3) is 4.31. The molecule has 0 heterocycles. The van der Waals surface area contributed by atoms with Gasteiger partial charge < -0.3 is 24.8 Å². The summed E-state index contributed by atoms with van der Waals surface area (Å²) < 4.78 is 10.6. The molecule has 0 spiro atoms. The fourth-order valence-corrected chi connectivity index (χ4v) is 2.00. The molecule has 0 saturated heterocycles. The fourth-order valence-electron chi connectivity index (χ4n) is 2.00. The minimum atomic E-state index is -0.693. The van der Waals surface area contributed by atoms with Gasteiger partial charge in [0.05, 0.1) is 19.9 Å². The zero-order chi connectivity index (χ0) is 18.4. The first-order chi connectivity index (χ1) is 12.0. The number of aromatic hydroxyl groups is 3. The van der Waals surface area contributed by atoms with Gasteiger partial charge >= 0.3 is 0 Å². The molecule has 0 aromatic heterocycles. The van der Waals surface area contributed by atoms with Crippen LogP contribution in [0.1, 0.15) is 22.8 Å². The Morgan fingerprint density at radius 2 is 1.84 bits per heavy atom. The van der Waals surface area contributed by atoms with Crippen molar-refractivity contribution in [3.63, 3.8) is 0 Å². The lowest BCUT2D eigenvalue weighted by Gasteiger charge is -2.09. The molecule has 2 aromatic rings. The van der Waals surface area contributed by atoms with Crippen LogP contribution in [0.2, 0.25) is 0 Å². The highest BCUT2D eigenvalue weighted by molar-refractivity contribution is 5.96. The average Bonchev–Trinajstić information content (AvgIpc) is 2.60. The maximum Gasteiger partial charge on any atom is 0.271 e. The SMILES string of the molecule is CCOc1ccc(C=NNC(=O)c2cc(O)c(O)c(O)c2)cc1OC. The van der Waals surface area contributed by atoms with Crippen molar-refractivity contribution in [2.45, 2.75) is 6.92 Å². The number of nitrogens with zero attached hydrogens (tertiary/aromatic N) is 1. The molecule has 25 heavy (non-hydrogen) atoms. The number of rotatable bonds is 6. The number of carbonyl (C=O) groups excluding carboxylic acids is 1. The van der Waals surface area contributed by atoms with E-state index >= 15 is 0 Å². The Morgan fingerprint density at radius 1 is 1.16 bits per heavy atom. The Morgan fingerprint density at radius 3 is 2.44 bits per heavy atom. The molecule has 0 aliphatic rings. The van der Waals surface area contributed by atoms with E-state index in [1.54, 1.807) is 18.2 Å². The van der Waals surface area contributed by atoms with E-state index in [0.717, 1.165) is 12.1 Å². The predicted octanol–water partition coefficient (Wildman–Crippen LogP) is 1.97. The molecule has 0 bridgehead atoms. The number of hydrogen-bond acceptors (Lipinski definition) is 7. The molecule has 0 aliphatic heterocycles. The molecule has 8 nitrogen and oxygen atoms in total. The lowest BCUT2D eigenvalue weighted by Crippen LogP contribution is -2.17. The van der Waals surface area contributed by atoms with Gasteiger partial charge in [0.25, 0.3) is 5.91 Å². The number of ether oxygens (including phenoxy) is 2. The van der Waals surface area contributed by atoms with Gasteiger partial charge in [0, 0.05) is 5.56 Å². The van der Waals surface area contributed by atoms with E-state index < -0.39 is 23.2 Å². The highest BCUT2D eigenvalue weighted by atomic mass is 16.5. The van der Waals surface area contributed by atoms with Crippen LogP contribution < -0.4 is 14.9 Å². The molecule has 8 heteroatoms. The topological polar surface area (TPSA) is 121 Å². The molecule has 2 aromatic carbocycles. The van der Waals surface area contributed by atoms with Crippen molar-refractivity contribution in [2.24, 2.45) is 5.10 Å². The Labute approximate surface area is 143 Å². The normalized spacial score (nSPS) is 10.6. The smallest absolute Gasteiger partial charge is 0.271 e. The Hall–Kier alpha value is -3.42. The largest absolute Gasteiger partial charge is 0.504 e. The molecule has 0 unspecified atom stereocenters. The molecule has 0 saturated carbocycles. The van der Waals surface area contributed by atoms with Gasteiger partial charge in [0.15, 0.2) is 28.7 Å². The maximum absolute atomic E-state index is 11.9. The van der Waals surface area contributed by atoms with Crippen molar-refractivity contribution in [2.75, 3.05) is 13.7 Å². The first kappa shape index (κ1) is 17.9. The van der Waals surface area contributed by atoms with Crippen LogP contribution in [0, 0.1) is 0 Å². The van der Waals surface area contributed by atoms with Crippen molar-refractivity contribution < 1.29 is 29.6 Å². The van der Waals surface area contributed by atoms with Crippen molar-refractivity contribution in [1.82, 2.24) is 5.43 Å². The zero-order valence-electron chi connectivity index (χ0n) is 13.7. The molecule has 2 rings (SSSR count). The van der Waals surface area contributed by atoms with Crippen molar-refractivity contribution in [3.8, 4) is 28.7 Å². The Balaban J connectivity index is 2.09. The minimum Gasteiger partial charge on any atom is -0.504 e. The van der Waals surface area contributed by atoms with Crippen LogP contribution in [0.25, 0.3) is 0 Å². The van der Waals surface area contributed by atoms with E-state index in [1.165, 1.54) is 13.3 Å². The maximum atomic E-state index is 11.9. The lowest BCUT2D eigenvalue weighted by atomic mass is 10.2. The number of phenols is 3. The summed E-state index contributed by atoms with van der Waals surface area (Å²) in [4.78, 5) is 11.9. The van der Waals surface area contributed by atoms with E-state index in [9.17, 15) is 20.1 Å². The first-order valence-electron chi connectivity index (χ1n) is 7.35. The Kier molecular flexibility index (Phi) is 5.67. The number of methoxy groups -OCH3 is 1. The fraction of sp³-hybridized carbons (Fsp3) is 0.176. The number of hydrogen-bond donors (Lipinski definition) is 4. The Bertz CT molecular complexity index is 781. The van der Waals surface area contributed by atoms with Gasteiger partial charge in [-0.1, -0.05) is 0 Å². The number of nitrogens with one attached hydrogen (secondary N) is 1. The predicted molar refractivity (Wildman–Crippen MR) is 90.7 cm³/mol. The minimum absolute atomic E-state index is 0.0609. The van der Waals surface area contributed by atoms with E-state index in [-0.39, 0.29) is 5.56 Å². The third-order valence-electron chi connectivity index (χ3n) is 3.20. The van der Waals surface area contributed by atoms with Gasteiger partial charge in [-0.2, -0.15) is 5.10 Å². The molecule has 0 atom stereocenters. The highest BCUT2D eigenvalue weighted by Crippen LogP contribution is 2.35. The number of benzene rings is 2. The third-order valence-corrected chi connectivity index (χ3v) is 3.20. The summed E-state index contributed by atoms with van der Waals surface area (Å²) in [7, 11) is 1.52. The second-order valence-electron chi connectivity index (χ2n) is 4.91. The highest BCUT2D eigenvalue weighted by Gasteiger charge is 2.13. The van der Waals surface area contributed by atoms with Crippen LogP contribution in [0.15, 0.2) is 35.4 Å². The van der Waals surface area contributed by atoms with E-state index in [4.69, 9.17) is 9.47 Å². The molecule has 0 fully saturated rings. The monoisotopic (exact) mass is 346 g/mol. The summed E-state index contributed by atoms with van der Waals surface area (Å²) in [5, 5.41) is 31.9. The van der Waals surface area contributed by atoms with Crippen molar-refractivity contribution >= 4 is 12.1 Å². The van der Waals surface area contributed by atoms with E-state index in [0.29, 0.717) is 23.7 Å². The van der Waals surface area contributed by atoms with Gasteiger partial charge in [-0.05, 0) is 42.8 Å². The van der Waals surface area contributed by atoms with Crippen molar-refractivity contribution in [3.05, 3.63) is 41.5 Å². The van der Waals surface area contributed by atoms with Crippen LogP contribution in [0.4, 0.5) is 0 Å². The number of phenolic OH excluding ortho intramolecular Hbond substituents is 3. The zero-order valence-corrected chi connectivity index (χ0v) is 13.7.